The third-order valence-corrected chi connectivity index (χ3v) is 3.32. The van der Waals surface area contributed by atoms with Crippen LogP contribution in [0.2, 0.25) is 0 Å². The fourth-order valence-corrected chi connectivity index (χ4v) is 2.34. The maximum absolute atomic E-state index is 13.1. The van der Waals surface area contributed by atoms with E-state index in [0.717, 1.165) is 38.1 Å². The van der Waals surface area contributed by atoms with E-state index in [1.165, 1.54) is 6.07 Å². The molecule has 0 aromatic heterocycles. The van der Waals surface area contributed by atoms with Gasteiger partial charge in [0.2, 0.25) is 0 Å². The Hall–Kier alpha value is -1.10. The summed E-state index contributed by atoms with van der Waals surface area (Å²) in [5.74, 6) is -0.811. The van der Waals surface area contributed by atoms with Crippen LogP contribution < -0.4 is 5.32 Å². The van der Waals surface area contributed by atoms with E-state index < -0.39 is 17.6 Å². The van der Waals surface area contributed by atoms with Gasteiger partial charge in [0.05, 0.1) is 5.56 Å². The van der Waals surface area contributed by atoms with Gasteiger partial charge in [-0.05, 0) is 56.0 Å². The molecular formula is C13H15F4N. The molecule has 1 nitrogen and oxygen atoms in total. The van der Waals surface area contributed by atoms with E-state index in [-0.39, 0.29) is 0 Å². The highest BCUT2D eigenvalue weighted by Gasteiger charge is 2.34. The van der Waals surface area contributed by atoms with Crippen molar-refractivity contribution in [1.29, 1.82) is 0 Å². The summed E-state index contributed by atoms with van der Waals surface area (Å²) in [6.07, 6.45) is -2.11. The van der Waals surface area contributed by atoms with E-state index in [1.54, 1.807) is 0 Å². The van der Waals surface area contributed by atoms with Gasteiger partial charge in [-0.15, -0.1) is 0 Å². The number of piperidine rings is 1. The van der Waals surface area contributed by atoms with Crippen molar-refractivity contribution in [3.63, 3.8) is 0 Å². The van der Waals surface area contributed by atoms with Gasteiger partial charge < -0.3 is 5.32 Å². The molecule has 1 saturated heterocycles. The predicted molar refractivity (Wildman–Crippen MR) is 60.7 cm³/mol. The number of halogens is 4. The Morgan fingerprint density at radius 1 is 1.17 bits per heavy atom. The highest BCUT2D eigenvalue weighted by Crippen LogP contribution is 2.32. The molecule has 1 N–H and O–H groups in total. The Labute approximate surface area is 103 Å². The molecule has 0 spiro atoms. The van der Waals surface area contributed by atoms with Crippen LogP contribution in [-0.4, -0.2) is 13.1 Å². The molecule has 0 bridgehead atoms. The fourth-order valence-electron chi connectivity index (χ4n) is 2.34. The second-order valence-corrected chi connectivity index (χ2v) is 4.71. The summed E-state index contributed by atoms with van der Waals surface area (Å²) >= 11 is 0. The second kappa shape index (κ2) is 5.26. The first kappa shape index (κ1) is 13.3. The summed E-state index contributed by atoms with van der Waals surface area (Å²) in [6, 6.07) is 3.31. The zero-order valence-electron chi connectivity index (χ0n) is 9.86. The zero-order valence-corrected chi connectivity index (χ0v) is 9.86. The highest BCUT2D eigenvalue weighted by atomic mass is 19.4. The van der Waals surface area contributed by atoms with Crippen molar-refractivity contribution < 1.29 is 17.6 Å². The summed E-state index contributed by atoms with van der Waals surface area (Å²) in [5.41, 5.74) is -0.593. The fraction of sp³-hybridized carbons (Fsp3) is 0.538. The topological polar surface area (TPSA) is 12.0 Å². The van der Waals surface area contributed by atoms with Crippen LogP contribution >= 0.6 is 0 Å². The second-order valence-electron chi connectivity index (χ2n) is 4.71. The minimum Gasteiger partial charge on any atom is -0.317 e. The summed E-state index contributed by atoms with van der Waals surface area (Å²) in [4.78, 5) is 0. The minimum absolute atomic E-state index is 0.387. The first-order valence-corrected chi connectivity index (χ1v) is 6.03. The predicted octanol–water partition coefficient (Wildman–Crippen LogP) is 3.39. The van der Waals surface area contributed by atoms with Crippen molar-refractivity contribution in [2.24, 2.45) is 5.92 Å². The van der Waals surface area contributed by atoms with Crippen LogP contribution in [0.25, 0.3) is 0 Å². The Morgan fingerprint density at radius 3 is 2.44 bits per heavy atom. The Bertz CT molecular complexity index is 408. The molecule has 2 rings (SSSR count). The lowest BCUT2D eigenvalue weighted by Crippen LogP contribution is -2.28. The van der Waals surface area contributed by atoms with Gasteiger partial charge in [0.15, 0.2) is 0 Å². The quantitative estimate of drug-likeness (QED) is 0.805. The van der Waals surface area contributed by atoms with Crippen molar-refractivity contribution >= 4 is 0 Å². The molecule has 18 heavy (non-hydrogen) atoms. The SMILES string of the molecule is Fc1ccc(CC2CCNCC2)cc1C(F)(F)F. The first-order valence-electron chi connectivity index (χ1n) is 6.03. The van der Waals surface area contributed by atoms with E-state index in [1.807, 2.05) is 0 Å². The lowest BCUT2D eigenvalue weighted by atomic mass is 9.90. The maximum atomic E-state index is 13.1. The number of benzene rings is 1. The summed E-state index contributed by atoms with van der Waals surface area (Å²) in [5, 5.41) is 3.21. The van der Waals surface area contributed by atoms with E-state index in [2.05, 4.69) is 5.32 Å². The van der Waals surface area contributed by atoms with Crippen molar-refractivity contribution in [1.82, 2.24) is 5.32 Å². The molecule has 1 fully saturated rings. The van der Waals surface area contributed by atoms with Crippen LogP contribution in [0.4, 0.5) is 17.6 Å². The maximum Gasteiger partial charge on any atom is 0.419 e. The lowest BCUT2D eigenvalue weighted by Gasteiger charge is -2.22. The zero-order chi connectivity index (χ0) is 13.2. The Balaban J connectivity index is 2.14. The first-order chi connectivity index (χ1) is 8.47. The van der Waals surface area contributed by atoms with E-state index >= 15 is 0 Å². The van der Waals surface area contributed by atoms with Crippen LogP contribution in [0.15, 0.2) is 18.2 Å². The van der Waals surface area contributed by atoms with Gasteiger partial charge in [0, 0.05) is 0 Å². The third kappa shape index (κ3) is 3.22. The number of nitrogens with one attached hydrogen (secondary N) is 1. The molecule has 1 aromatic rings. The molecule has 100 valence electrons. The molecule has 0 aliphatic carbocycles. The van der Waals surface area contributed by atoms with Gasteiger partial charge in [0.1, 0.15) is 5.82 Å². The molecule has 1 heterocycles. The van der Waals surface area contributed by atoms with Crippen molar-refractivity contribution in [3.8, 4) is 0 Å². The molecule has 1 aromatic carbocycles. The van der Waals surface area contributed by atoms with Crippen molar-refractivity contribution in [2.45, 2.75) is 25.4 Å². The van der Waals surface area contributed by atoms with Crippen LogP contribution in [0.3, 0.4) is 0 Å². The van der Waals surface area contributed by atoms with Crippen LogP contribution in [0, 0.1) is 11.7 Å². The van der Waals surface area contributed by atoms with Crippen molar-refractivity contribution in [2.75, 3.05) is 13.1 Å². The average molecular weight is 261 g/mol. The normalized spacial score (nSPS) is 18.0. The van der Waals surface area contributed by atoms with Crippen LogP contribution in [0.1, 0.15) is 24.0 Å². The van der Waals surface area contributed by atoms with Gasteiger partial charge in [-0.25, -0.2) is 4.39 Å². The summed E-state index contributed by atoms with van der Waals surface area (Å²) < 4.78 is 50.8. The molecular weight excluding hydrogens is 246 g/mol. The molecule has 0 radical (unpaired) electrons. The molecule has 0 amide bonds. The average Bonchev–Trinajstić information content (AvgIpc) is 2.31. The van der Waals surface area contributed by atoms with Crippen molar-refractivity contribution in [3.05, 3.63) is 35.1 Å². The lowest BCUT2D eigenvalue weighted by molar-refractivity contribution is -0.140. The number of hydrogen-bond acceptors (Lipinski definition) is 1. The molecule has 0 saturated carbocycles. The molecule has 0 atom stereocenters. The summed E-state index contributed by atoms with van der Waals surface area (Å²) in [6.45, 7) is 1.80. The Morgan fingerprint density at radius 2 is 1.83 bits per heavy atom. The Kier molecular flexibility index (Phi) is 3.90. The number of rotatable bonds is 2. The largest absolute Gasteiger partial charge is 0.419 e. The van der Waals surface area contributed by atoms with E-state index in [4.69, 9.17) is 0 Å². The molecule has 1 aliphatic rings. The van der Waals surface area contributed by atoms with E-state index in [0.29, 0.717) is 17.9 Å². The van der Waals surface area contributed by atoms with Gasteiger partial charge in [-0.3, -0.25) is 0 Å². The molecule has 1 aliphatic heterocycles. The standard InChI is InChI=1S/C13H15F4N/c14-12-2-1-10(8-11(12)13(15,16)17)7-9-3-5-18-6-4-9/h1-2,8-9,18H,3-7H2. The molecule has 0 unspecified atom stereocenters. The van der Waals surface area contributed by atoms with Gasteiger partial charge in [-0.2, -0.15) is 13.2 Å². The third-order valence-electron chi connectivity index (χ3n) is 3.32. The van der Waals surface area contributed by atoms with Gasteiger partial charge in [-0.1, -0.05) is 6.07 Å². The van der Waals surface area contributed by atoms with Gasteiger partial charge >= 0.3 is 6.18 Å². The monoisotopic (exact) mass is 261 g/mol. The number of alkyl halides is 3. The molecule has 5 heteroatoms. The van der Waals surface area contributed by atoms with Gasteiger partial charge in [0.25, 0.3) is 0 Å². The van der Waals surface area contributed by atoms with Crippen LogP contribution in [0.5, 0.6) is 0 Å². The van der Waals surface area contributed by atoms with Crippen LogP contribution in [-0.2, 0) is 12.6 Å². The minimum atomic E-state index is -4.62. The highest BCUT2D eigenvalue weighted by molar-refractivity contribution is 5.27. The smallest absolute Gasteiger partial charge is 0.317 e. The van der Waals surface area contributed by atoms with E-state index in [9.17, 15) is 17.6 Å². The summed E-state index contributed by atoms with van der Waals surface area (Å²) in [7, 11) is 0. The number of hydrogen-bond donors (Lipinski definition) is 1.